The number of likely N-dealkylation sites (tertiary alicyclic amines) is 1. The molecule has 2 aromatic rings. The minimum absolute atomic E-state index is 0.00265. The lowest BCUT2D eigenvalue weighted by Crippen LogP contribution is -2.40. The lowest BCUT2D eigenvalue weighted by Gasteiger charge is -2.30. The normalized spacial score (nSPS) is 18.1. The van der Waals surface area contributed by atoms with Gasteiger partial charge in [0.05, 0.1) is 17.3 Å². The number of phenols is 1. The van der Waals surface area contributed by atoms with Gasteiger partial charge in [-0.2, -0.15) is 5.26 Å². The van der Waals surface area contributed by atoms with Gasteiger partial charge in [0, 0.05) is 18.2 Å². The molecule has 1 aromatic carbocycles. The monoisotopic (exact) mass is 324 g/mol. The number of nitrogens with zero attached hydrogens (tertiary/aromatic N) is 5. The number of nitriles is 1. The molecular weight excluding hydrogens is 304 g/mol. The van der Waals surface area contributed by atoms with Gasteiger partial charge >= 0.3 is 0 Å². The van der Waals surface area contributed by atoms with Crippen LogP contribution in [0.15, 0.2) is 18.2 Å². The zero-order chi connectivity index (χ0) is 17.1. The number of nitrogens with one attached hydrogen (secondary N) is 1. The molecule has 2 N–H and O–H groups in total. The van der Waals surface area contributed by atoms with Crippen molar-refractivity contribution in [2.45, 2.75) is 25.8 Å². The summed E-state index contributed by atoms with van der Waals surface area (Å²) in [5.74, 6) is 0.507. The van der Waals surface area contributed by atoms with E-state index in [1.54, 1.807) is 12.1 Å². The van der Waals surface area contributed by atoms with E-state index in [9.17, 15) is 5.11 Å². The minimum atomic E-state index is 0.00265. The summed E-state index contributed by atoms with van der Waals surface area (Å²) in [6.07, 6.45) is 2.24. The zero-order valence-corrected chi connectivity index (χ0v) is 13.8. The van der Waals surface area contributed by atoms with Gasteiger partial charge in [0.1, 0.15) is 11.4 Å². The summed E-state index contributed by atoms with van der Waals surface area (Å²) in [7, 11) is 2.11. The summed E-state index contributed by atoms with van der Waals surface area (Å²) in [6, 6.07) is 7.03. The third kappa shape index (κ3) is 3.44. The number of aromatic hydroxyl groups is 1. The van der Waals surface area contributed by atoms with Gasteiger partial charge in [0.15, 0.2) is 0 Å². The van der Waals surface area contributed by atoms with Gasteiger partial charge in [-0.15, -0.1) is 10.2 Å². The van der Waals surface area contributed by atoms with Gasteiger partial charge in [0.25, 0.3) is 0 Å². The second-order valence-corrected chi connectivity index (χ2v) is 6.16. The first kappa shape index (κ1) is 16.1. The van der Waals surface area contributed by atoms with Crippen LogP contribution in [0.3, 0.4) is 0 Å². The summed E-state index contributed by atoms with van der Waals surface area (Å²) in [6.45, 7) is 3.91. The number of phenolic OH excluding ortho intramolecular Hbond substituents is 1. The second-order valence-electron chi connectivity index (χ2n) is 6.16. The summed E-state index contributed by atoms with van der Waals surface area (Å²) >= 11 is 0. The molecule has 0 aliphatic carbocycles. The Hall–Kier alpha value is -2.72. The standard InChI is InChI=1S/C17H20N6O/c1-11-16(14-6-5-12(9-18)8-15(14)24)21-22-17(19-11)20-13-4-3-7-23(2)10-13/h5-6,8,13,24H,3-4,7,10H2,1-2H3,(H,19,20,22)/t13-/m1/s1. The molecule has 1 aliphatic rings. The number of likely N-dealkylation sites (N-methyl/N-ethyl adjacent to an activating group) is 1. The van der Waals surface area contributed by atoms with E-state index in [-0.39, 0.29) is 5.75 Å². The van der Waals surface area contributed by atoms with Gasteiger partial charge in [-0.3, -0.25) is 0 Å². The van der Waals surface area contributed by atoms with Gasteiger partial charge < -0.3 is 15.3 Å². The molecule has 1 saturated heterocycles. The highest BCUT2D eigenvalue weighted by molar-refractivity contribution is 5.69. The third-order valence-corrected chi connectivity index (χ3v) is 4.20. The number of aryl methyl sites for hydroxylation is 1. The molecule has 0 spiro atoms. The van der Waals surface area contributed by atoms with Crippen molar-refractivity contribution in [1.29, 1.82) is 5.26 Å². The van der Waals surface area contributed by atoms with Crippen LogP contribution in [0.5, 0.6) is 5.75 Å². The fourth-order valence-corrected chi connectivity index (χ4v) is 2.98. The van der Waals surface area contributed by atoms with Crippen molar-refractivity contribution in [2.24, 2.45) is 0 Å². The van der Waals surface area contributed by atoms with Crippen LogP contribution in [0.1, 0.15) is 24.1 Å². The third-order valence-electron chi connectivity index (χ3n) is 4.20. The number of aromatic nitrogens is 3. The average Bonchev–Trinajstić information content (AvgIpc) is 2.55. The lowest BCUT2D eigenvalue weighted by atomic mass is 10.1. The van der Waals surface area contributed by atoms with Crippen molar-refractivity contribution in [3.05, 3.63) is 29.5 Å². The smallest absolute Gasteiger partial charge is 0.243 e. The molecule has 1 aromatic heterocycles. The Morgan fingerprint density at radius 3 is 2.88 bits per heavy atom. The fourth-order valence-electron chi connectivity index (χ4n) is 2.98. The van der Waals surface area contributed by atoms with Crippen molar-refractivity contribution >= 4 is 5.95 Å². The number of hydrogen-bond donors (Lipinski definition) is 2. The Morgan fingerprint density at radius 1 is 1.38 bits per heavy atom. The SMILES string of the molecule is Cc1nc(N[C@@H]2CCCN(C)C2)nnc1-c1ccc(C#N)cc1O. The molecule has 0 unspecified atom stereocenters. The van der Waals surface area contributed by atoms with Crippen molar-refractivity contribution in [1.82, 2.24) is 20.1 Å². The van der Waals surface area contributed by atoms with Crippen LogP contribution in [-0.2, 0) is 0 Å². The van der Waals surface area contributed by atoms with E-state index in [1.807, 2.05) is 13.0 Å². The molecule has 3 rings (SSSR count). The number of anilines is 1. The van der Waals surface area contributed by atoms with Gasteiger partial charge in [-0.25, -0.2) is 4.98 Å². The molecule has 124 valence electrons. The average molecular weight is 324 g/mol. The summed E-state index contributed by atoms with van der Waals surface area (Å²) in [5, 5.41) is 30.7. The Kier molecular flexibility index (Phi) is 4.58. The molecule has 2 heterocycles. The first-order valence-electron chi connectivity index (χ1n) is 7.96. The number of rotatable bonds is 3. The van der Waals surface area contributed by atoms with Crippen molar-refractivity contribution in [3.63, 3.8) is 0 Å². The van der Waals surface area contributed by atoms with Crippen LogP contribution in [0, 0.1) is 18.3 Å². The van der Waals surface area contributed by atoms with Crippen molar-refractivity contribution in [3.8, 4) is 23.1 Å². The molecule has 7 heteroatoms. The Labute approximate surface area is 141 Å². The predicted molar refractivity (Wildman–Crippen MR) is 90.5 cm³/mol. The van der Waals surface area contributed by atoms with E-state index < -0.39 is 0 Å². The number of piperidine rings is 1. The number of benzene rings is 1. The quantitative estimate of drug-likeness (QED) is 0.890. The molecule has 1 fully saturated rings. The molecular formula is C17H20N6O. The van der Waals surface area contributed by atoms with Crippen molar-refractivity contribution < 1.29 is 5.11 Å². The largest absolute Gasteiger partial charge is 0.507 e. The van der Waals surface area contributed by atoms with Crippen LogP contribution >= 0.6 is 0 Å². The molecule has 1 atom stereocenters. The Bertz CT molecular complexity index is 785. The van der Waals surface area contributed by atoms with Crippen molar-refractivity contribution in [2.75, 3.05) is 25.5 Å². The highest BCUT2D eigenvalue weighted by atomic mass is 16.3. The summed E-state index contributed by atoms with van der Waals surface area (Å²) < 4.78 is 0. The van der Waals surface area contributed by atoms with Crippen LogP contribution in [0.2, 0.25) is 0 Å². The van der Waals surface area contributed by atoms with E-state index in [2.05, 4.69) is 32.4 Å². The Balaban J connectivity index is 1.81. The molecule has 7 nitrogen and oxygen atoms in total. The first-order chi connectivity index (χ1) is 11.6. The predicted octanol–water partition coefficient (Wildman–Crippen LogP) is 1.93. The van der Waals surface area contributed by atoms with E-state index >= 15 is 0 Å². The van der Waals surface area contributed by atoms with E-state index in [1.165, 1.54) is 6.07 Å². The van der Waals surface area contributed by atoms with Crippen LogP contribution in [0.25, 0.3) is 11.3 Å². The molecule has 0 amide bonds. The van der Waals surface area contributed by atoms with E-state index in [0.717, 1.165) is 25.9 Å². The van der Waals surface area contributed by atoms with Crippen LogP contribution in [0.4, 0.5) is 5.95 Å². The molecule has 1 aliphatic heterocycles. The highest BCUT2D eigenvalue weighted by Gasteiger charge is 2.19. The zero-order valence-electron chi connectivity index (χ0n) is 13.8. The number of hydrogen-bond acceptors (Lipinski definition) is 7. The van der Waals surface area contributed by atoms with Crippen LogP contribution in [-0.4, -0.2) is 51.4 Å². The molecule has 0 bridgehead atoms. The minimum Gasteiger partial charge on any atom is -0.507 e. The topological polar surface area (TPSA) is 98.0 Å². The summed E-state index contributed by atoms with van der Waals surface area (Å²) in [5.41, 5.74) is 2.12. The fraction of sp³-hybridized carbons (Fsp3) is 0.412. The lowest BCUT2D eigenvalue weighted by molar-refractivity contribution is 0.260. The second kappa shape index (κ2) is 6.81. The highest BCUT2D eigenvalue weighted by Crippen LogP contribution is 2.30. The van der Waals surface area contributed by atoms with Crippen LogP contribution < -0.4 is 5.32 Å². The Morgan fingerprint density at radius 2 is 2.21 bits per heavy atom. The molecule has 0 radical (unpaired) electrons. The maximum atomic E-state index is 10.1. The molecule has 24 heavy (non-hydrogen) atoms. The maximum Gasteiger partial charge on any atom is 0.243 e. The maximum absolute atomic E-state index is 10.1. The summed E-state index contributed by atoms with van der Waals surface area (Å²) in [4.78, 5) is 6.76. The van der Waals surface area contributed by atoms with Gasteiger partial charge in [0.2, 0.25) is 5.95 Å². The van der Waals surface area contributed by atoms with Gasteiger partial charge in [-0.1, -0.05) is 0 Å². The van der Waals surface area contributed by atoms with Gasteiger partial charge in [-0.05, 0) is 51.6 Å². The molecule has 0 saturated carbocycles. The van der Waals surface area contributed by atoms with E-state index in [4.69, 9.17) is 5.26 Å². The van der Waals surface area contributed by atoms with E-state index in [0.29, 0.717) is 34.5 Å². The first-order valence-corrected chi connectivity index (χ1v) is 7.96.